The first-order valence-electron chi connectivity index (χ1n) is 11.9. The number of fused-ring (bicyclic) bond motifs is 1. The van der Waals surface area contributed by atoms with E-state index < -0.39 is 0 Å². The average molecular weight is 441 g/mol. The molecule has 2 N–H and O–H groups in total. The molecule has 6 heteroatoms. The van der Waals surface area contributed by atoms with Crippen LogP contribution in [0, 0.1) is 0 Å². The zero-order chi connectivity index (χ0) is 22.4. The molecule has 2 aliphatic rings. The van der Waals surface area contributed by atoms with Gasteiger partial charge in [-0.3, -0.25) is 9.36 Å². The van der Waals surface area contributed by atoms with Gasteiger partial charge in [-0.15, -0.1) is 0 Å². The number of aromatic nitrogens is 2. The number of carbonyl (C=O) groups excluding carboxylic acids is 1. The molecule has 1 aliphatic heterocycles. The molecule has 0 spiro atoms. The van der Waals surface area contributed by atoms with E-state index in [-0.39, 0.29) is 17.6 Å². The van der Waals surface area contributed by atoms with Crippen molar-refractivity contribution in [3.05, 3.63) is 81.8 Å². The molecule has 33 heavy (non-hydrogen) atoms. The standard InChI is InChI=1S/C27H28N4O2/c32-26(22-11-9-19-5-3-4-18-8-10-21(22)25(18)19)28-14-17-30-15-12-20(13-16-30)31-24-7-2-1-6-23(24)29-27(31)33/h1-7,9,11,20H,8,10,12-17H2,(H,28,32)(H,29,33). The van der Waals surface area contributed by atoms with Crippen molar-refractivity contribution < 1.29 is 4.79 Å². The summed E-state index contributed by atoms with van der Waals surface area (Å²) in [4.78, 5) is 30.8. The maximum Gasteiger partial charge on any atom is 0.326 e. The molecule has 0 bridgehead atoms. The van der Waals surface area contributed by atoms with Gasteiger partial charge in [-0.2, -0.15) is 0 Å². The molecule has 0 unspecified atom stereocenters. The monoisotopic (exact) mass is 440 g/mol. The Hall–Kier alpha value is -3.38. The number of piperidine rings is 1. The van der Waals surface area contributed by atoms with Gasteiger partial charge in [-0.1, -0.05) is 36.4 Å². The minimum atomic E-state index is -0.0198. The van der Waals surface area contributed by atoms with Crippen LogP contribution in [0.5, 0.6) is 0 Å². The summed E-state index contributed by atoms with van der Waals surface area (Å²) in [6.45, 7) is 3.32. The Morgan fingerprint density at radius 3 is 2.73 bits per heavy atom. The first-order valence-corrected chi connectivity index (χ1v) is 11.9. The first kappa shape index (κ1) is 20.2. The number of amides is 1. The van der Waals surface area contributed by atoms with Gasteiger partial charge in [0, 0.05) is 37.8 Å². The van der Waals surface area contributed by atoms with Crippen LogP contribution in [0.4, 0.5) is 0 Å². The van der Waals surface area contributed by atoms with Gasteiger partial charge in [0.05, 0.1) is 11.0 Å². The number of hydrogen-bond acceptors (Lipinski definition) is 3. The lowest BCUT2D eigenvalue weighted by molar-refractivity contribution is 0.0943. The quantitative estimate of drug-likeness (QED) is 0.498. The van der Waals surface area contributed by atoms with Gasteiger partial charge in [-0.25, -0.2) is 4.79 Å². The molecule has 3 aromatic carbocycles. The molecule has 1 aromatic heterocycles. The van der Waals surface area contributed by atoms with E-state index in [9.17, 15) is 9.59 Å². The van der Waals surface area contributed by atoms with Gasteiger partial charge < -0.3 is 15.2 Å². The third kappa shape index (κ3) is 3.55. The van der Waals surface area contributed by atoms with Crippen LogP contribution in [0.25, 0.3) is 21.8 Å². The number of aromatic amines is 1. The summed E-state index contributed by atoms with van der Waals surface area (Å²) in [6.07, 6.45) is 3.84. The van der Waals surface area contributed by atoms with Crippen molar-refractivity contribution in [1.82, 2.24) is 19.8 Å². The summed E-state index contributed by atoms with van der Waals surface area (Å²) in [5.74, 6) is 0.0313. The molecule has 2 heterocycles. The first-order chi connectivity index (χ1) is 16.2. The highest BCUT2D eigenvalue weighted by Crippen LogP contribution is 2.33. The maximum absolute atomic E-state index is 12.9. The summed E-state index contributed by atoms with van der Waals surface area (Å²) >= 11 is 0. The van der Waals surface area contributed by atoms with Crippen molar-refractivity contribution in [2.45, 2.75) is 31.7 Å². The van der Waals surface area contributed by atoms with Gasteiger partial charge in [0.2, 0.25) is 0 Å². The Balaban J connectivity index is 1.06. The second-order valence-corrected chi connectivity index (χ2v) is 9.25. The summed E-state index contributed by atoms with van der Waals surface area (Å²) < 4.78 is 1.92. The maximum atomic E-state index is 12.9. The van der Waals surface area contributed by atoms with Crippen molar-refractivity contribution in [2.24, 2.45) is 0 Å². The number of likely N-dealkylation sites (tertiary alicyclic amines) is 1. The molecule has 0 radical (unpaired) electrons. The van der Waals surface area contributed by atoms with E-state index >= 15 is 0 Å². The molecular weight excluding hydrogens is 412 g/mol. The number of benzene rings is 3. The van der Waals surface area contributed by atoms with Crippen LogP contribution in [0.2, 0.25) is 0 Å². The number of H-pyrrole nitrogens is 1. The van der Waals surface area contributed by atoms with E-state index in [0.29, 0.717) is 6.54 Å². The largest absolute Gasteiger partial charge is 0.351 e. The number of aryl methyl sites for hydroxylation is 2. The highest BCUT2D eigenvalue weighted by molar-refractivity contribution is 6.03. The van der Waals surface area contributed by atoms with Gasteiger partial charge in [-0.05, 0) is 65.8 Å². The van der Waals surface area contributed by atoms with Crippen LogP contribution in [0.3, 0.4) is 0 Å². The molecule has 1 amide bonds. The van der Waals surface area contributed by atoms with Crippen LogP contribution in [-0.2, 0) is 12.8 Å². The van der Waals surface area contributed by atoms with Gasteiger partial charge >= 0.3 is 5.69 Å². The van der Waals surface area contributed by atoms with Gasteiger partial charge in [0.25, 0.3) is 5.91 Å². The predicted octanol–water partition coefficient (Wildman–Crippen LogP) is 3.65. The Kier molecular flexibility index (Phi) is 5.03. The molecule has 1 saturated heterocycles. The van der Waals surface area contributed by atoms with E-state index in [4.69, 9.17) is 0 Å². The topological polar surface area (TPSA) is 70.1 Å². The zero-order valence-corrected chi connectivity index (χ0v) is 18.6. The fourth-order valence-corrected chi connectivity index (χ4v) is 5.74. The Bertz CT molecular complexity index is 1410. The lowest BCUT2D eigenvalue weighted by Crippen LogP contribution is -2.41. The van der Waals surface area contributed by atoms with Gasteiger partial charge in [0.15, 0.2) is 0 Å². The third-order valence-electron chi connectivity index (χ3n) is 7.39. The minimum Gasteiger partial charge on any atom is -0.351 e. The van der Waals surface area contributed by atoms with Crippen LogP contribution in [-0.4, -0.2) is 46.5 Å². The molecule has 6 nitrogen and oxygen atoms in total. The van der Waals surface area contributed by atoms with E-state index in [2.05, 4.69) is 39.5 Å². The highest BCUT2D eigenvalue weighted by Gasteiger charge is 2.24. The zero-order valence-electron chi connectivity index (χ0n) is 18.6. The molecule has 0 atom stereocenters. The van der Waals surface area contributed by atoms with Crippen LogP contribution in [0.1, 0.15) is 40.4 Å². The van der Waals surface area contributed by atoms with Crippen molar-refractivity contribution in [2.75, 3.05) is 26.2 Å². The normalized spacial score (nSPS) is 16.6. The number of para-hydroxylation sites is 2. The minimum absolute atomic E-state index is 0.0198. The number of nitrogens with one attached hydrogen (secondary N) is 2. The highest BCUT2D eigenvalue weighted by atomic mass is 16.2. The SMILES string of the molecule is O=C(NCCN1CCC(n2c(=O)[nH]c3ccccc32)CC1)c1ccc2cccc3c2c1CC3. The van der Waals surface area contributed by atoms with Crippen LogP contribution >= 0.6 is 0 Å². The molecular formula is C27H28N4O2. The smallest absolute Gasteiger partial charge is 0.326 e. The Morgan fingerprint density at radius 1 is 1.00 bits per heavy atom. The summed E-state index contributed by atoms with van der Waals surface area (Å²) in [5, 5.41) is 5.65. The molecule has 1 aliphatic carbocycles. The van der Waals surface area contributed by atoms with E-state index in [1.807, 2.05) is 34.9 Å². The number of imidazole rings is 1. The molecule has 0 saturated carbocycles. The number of nitrogens with zero attached hydrogens (tertiary/aromatic N) is 2. The van der Waals surface area contributed by atoms with Crippen molar-refractivity contribution >= 4 is 27.7 Å². The van der Waals surface area contributed by atoms with Crippen LogP contribution < -0.4 is 11.0 Å². The van der Waals surface area contributed by atoms with Crippen molar-refractivity contribution in [3.63, 3.8) is 0 Å². The number of rotatable bonds is 5. The fraction of sp³-hybridized carbons (Fsp3) is 0.333. The van der Waals surface area contributed by atoms with E-state index in [0.717, 1.165) is 61.9 Å². The van der Waals surface area contributed by atoms with E-state index in [1.54, 1.807) is 0 Å². The third-order valence-corrected chi connectivity index (χ3v) is 7.39. The lowest BCUT2D eigenvalue weighted by Gasteiger charge is -2.32. The molecule has 1 fully saturated rings. The van der Waals surface area contributed by atoms with Crippen LogP contribution in [0.15, 0.2) is 59.4 Å². The predicted molar refractivity (Wildman–Crippen MR) is 131 cm³/mol. The molecule has 168 valence electrons. The Labute approximate surface area is 192 Å². The average Bonchev–Trinajstić information content (AvgIpc) is 3.42. The second-order valence-electron chi connectivity index (χ2n) is 9.25. The Morgan fingerprint density at radius 2 is 1.85 bits per heavy atom. The lowest BCUT2D eigenvalue weighted by atomic mass is 9.99. The fourth-order valence-electron chi connectivity index (χ4n) is 5.74. The van der Waals surface area contributed by atoms with E-state index in [1.165, 1.54) is 21.9 Å². The second kappa shape index (κ2) is 8.19. The number of carbonyl (C=O) groups is 1. The van der Waals surface area contributed by atoms with Gasteiger partial charge in [0.1, 0.15) is 0 Å². The summed E-state index contributed by atoms with van der Waals surface area (Å²) in [6, 6.07) is 18.6. The number of hydrogen-bond donors (Lipinski definition) is 2. The molecule has 4 aromatic rings. The summed E-state index contributed by atoms with van der Waals surface area (Å²) in [5.41, 5.74) is 5.25. The van der Waals surface area contributed by atoms with Crippen molar-refractivity contribution in [1.29, 1.82) is 0 Å². The summed E-state index contributed by atoms with van der Waals surface area (Å²) in [7, 11) is 0. The molecule has 6 rings (SSSR count). The van der Waals surface area contributed by atoms with Crippen molar-refractivity contribution in [3.8, 4) is 0 Å².